The summed E-state index contributed by atoms with van der Waals surface area (Å²) in [4.78, 5) is 28.1. The highest BCUT2D eigenvalue weighted by Crippen LogP contribution is 2.37. The third-order valence-electron chi connectivity index (χ3n) is 6.56. The maximum absolute atomic E-state index is 13.0. The Kier molecular flexibility index (Phi) is 7.05. The summed E-state index contributed by atoms with van der Waals surface area (Å²) in [5, 5.41) is 6.59. The molecule has 1 aromatic carbocycles. The van der Waals surface area contributed by atoms with Crippen molar-refractivity contribution in [2.75, 3.05) is 11.9 Å². The molecule has 1 saturated carbocycles. The molecule has 3 N–H and O–H groups in total. The number of hydrogen-bond donors (Lipinski definition) is 3. The van der Waals surface area contributed by atoms with E-state index in [0.29, 0.717) is 23.3 Å². The SMILES string of the molecule is Cc1cc(C)c(CNC(=O)c2cc(Br)cc(NC3CCOC(CC4CC4)C3)c2C)c(=O)[nH]1. The molecule has 0 radical (unpaired) electrons. The van der Waals surface area contributed by atoms with Crippen LogP contribution in [0.25, 0.3) is 0 Å². The van der Waals surface area contributed by atoms with E-state index in [1.165, 1.54) is 19.3 Å². The van der Waals surface area contributed by atoms with E-state index in [0.717, 1.165) is 52.3 Å². The number of aryl methyl sites for hydroxylation is 2. The number of ether oxygens (including phenoxy) is 1. The van der Waals surface area contributed by atoms with Crippen molar-refractivity contribution in [2.24, 2.45) is 5.92 Å². The fraction of sp³-hybridized carbons (Fsp3) is 0.520. The predicted octanol–water partition coefficient (Wildman–Crippen LogP) is 4.75. The van der Waals surface area contributed by atoms with Gasteiger partial charge in [0.1, 0.15) is 0 Å². The van der Waals surface area contributed by atoms with Gasteiger partial charge in [-0.25, -0.2) is 0 Å². The third kappa shape index (κ3) is 5.62. The first-order valence-corrected chi connectivity index (χ1v) is 12.3. The van der Waals surface area contributed by atoms with Gasteiger partial charge in [-0.1, -0.05) is 28.8 Å². The van der Waals surface area contributed by atoms with E-state index in [-0.39, 0.29) is 18.0 Å². The summed E-state index contributed by atoms with van der Waals surface area (Å²) in [7, 11) is 0. The summed E-state index contributed by atoms with van der Waals surface area (Å²) in [6, 6.07) is 6.12. The van der Waals surface area contributed by atoms with Crippen LogP contribution < -0.4 is 16.2 Å². The molecule has 7 heteroatoms. The topological polar surface area (TPSA) is 83.2 Å². The van der Waals surface area contributed by atoms with Crippen LogP contribution in [0.1, 0.15) is 64.8 Å². The Morgan fingerprint density at radius 1 is 1.19 bits per heavy atom. The lowest BCUT2D eigenvalue weighted by molar-refractivity contribution is 0.00312. The van der Waals surface area contributed by atoms with Gasteiger partial charge in [-0.3, -0.25) is 9.59 Å². The quantitative estimate of drug-likeness (QED) is 0.510. The highest BCUT2D eigenvalue weighted by atomic mass is 79.9. The Bertz CT molecular complexity index is 1060. The zero-order chi connectivity index (χ0) is 22.8. The molecule has 6 nitrogen and oxygen atoms in total. The molecule has 1 amide bonds. The molecule has 0 bridgehead atoms. The van der Waals surface area contributed by atoms with Gasteiger partial charge in [0, 0.05) is 46.2 Å². The van der Waals surface area contributed by atoms with Crippen molar-refractivity contribution in [1.29, 1.82) is 0 Å². The molecule has 1 aromatic heterocycles. The molecule has 2 unspecified atom stereocenters. The number of carbonyl (C=O) groups excluding carboxylic acids is 1. The van der Waals surface area contributed by atoms with E-state index in [4.69, 9.17) is 4.74 Å². The number of amides is 1. The summed E-state index contributed by atoms with van der Waals surface area (Å²) in [6.07, 6.45) is 6.15. The molecule has 2 atom stereocenters. The second-order valence-electron chi connectivity index (χ2n) is 9.29. The summed E-state index contributed by atoms with van der Waals surface area (Å²) in [5.74, 6) is 0.663. The van der Waals surface area contributed by atoms with Crippen LogP contribution in [0, 0.1) is 26.7 Å². The Morgan fingerprint density at radius 3 is 2.69 bits per heavy atom. The van der Waals surface area contributed by atoms with Crippen molar-refractivity contribution >= 4 is 27.5 Å². The molecule has 2 aromatic rings. The summed E-state index contributed by atoms with van der Waals surface area (Å²) in [5.41, 5.74) is 4.59. The van der Waals surface area contributed by atoms with E-state index in [1.54, 1.807) is 0 Å². The van der Waals surface area contributed by atoms with E-state index in [1.807, 2.05) is 39.0 Å². The van der Waals surface area contributed by atoms with Gasteiger partial charge in [0.05, 0.1) is 6.10 Å². The number of anilines is 1. The standard InChI is InChI=1S/C25H32BrN3O3/c1-14-8-15(2)28-25(31)22(14)13-27-24(30)21-10-18(26)11-23(16(21)3)29-19-6-7-32-20(12-19)9-17-4-5-17/h8,10-11,17,19-20,29H,4-7,9,12-13H2,1-3H3,(H,27,30)(H,28,31). The second-order valence-corrected chi connectivity index (χ2v) is 10.2. The first kappa shape index (κ1) is 23.1. The van der Waals surface area contributed by atoms with Crippen LogP contribution in [0.3, 0.4) is 0 Å². The van der Waals surface area contributed by atoms with Gasteiger partial charge in [-0.05, 0) is 75.3 Å². The molecule has 0 spiro atoms. The number of hydrogen-bond acceptors (Lipinski definition) is 4. The van der Waals surface area contributed by atoms with Crippen molar-refractivity contribution in [3.8, 4) is 0 Å². The highest BCUT2D eigenvalue weighted by molar-refractivity contribution is 9.10. The summed E-state index contributed by atoms with van der Waals surface area (Å²) < 4.78 is 6.82. The number of aromatic amines is 1. The Morgan fingerprint density at radius 2 is 1.97 bits per heavy atom. The van der Waals surface area contributed by atoms with E-state index in [9.17, 15) is 9.59 Å². The van der Waals surface area contributed by atoms with Crippen LogP contribution in [0.5, 0.6) is 0 Å². The van der Waals surface area contributed by atoms with Crippen LogP contribution >= 0.6 is 15.9 Å². The van der Waals surface area contributed by atoms with Crippen molar-refractivity contribution in [3.63, 3.8) is 0 Å². The molecule has 1 aliphatic carbocycles. The smallest absolute Gasteiger partial charge is 0.253 e. The molecule has 1 aliphatic heterocycles. The van der Waals surface area contributed by atoms with Gasteiger partial charge in [-0.15, -0.1) is 0 Å². The number of halogens is 1. The number of carbonyl (C=O) groups is 1. The van der Waals surface area contributed by atoms with Gasteiger partial charge in [0.2, 0.25) is 0 Å². The van der Waals surface area contributed by atoms with Crippen LogP contribution in [-0.4, -0.2) is 29.6 Å². The fourth-order valence-electron chi connectivity index (χ4n) is 4.55. The van der Waals surface area contributed by atoms with Gasteiger partial charge in [-0.2, -0.15) is 0 Å². The maximum Gasteiger partial charge on any atom is 0.253 e. The van der Waals surface area contributed by atoms with Crippen LogP contribution in [0.2, 0.25) is 0 Å². The fourth-order valence-corrected chi connectivity index (χ4v) is 5.01. The van der Waals surface area contributed by atoms with E-state index >= 15 is 0 Å². The number of nitrogens with one attached hydrogen (secondary N) is 3. The molecule has 32 heavy (non-hydrogen) atoms. The lowest BCUT2D eigenvalue weighted by Gasteiger charge is -2.31. The summed E-state index contributed by atoms with van der Waals surface area (Å²) >= 11 is 3.56. The largest absolute Gasteiger partial charge is 0.382 e. The number of H-pyrrole nitrogens is 1. The minimum absolute atomic E-state index is 0.156. The van der Waals surface area contributed by atoms with Crippen molar-refractivity contribution < 1.29 is 9.53 Å². The van der Waals surface area contributed by atoms with E-state index in [2.05, 4.69) is 31.5 Å². The monoisotopic (exact) mass is 501 g/mol. The average molecular weight is 502 g/mol. The Hall–Kier alpha value is -2.12. The normalized spacial score (nSPS) is 20.8. The van der Waals surface area contributed by atoms with Crippen molar-refractivity contribution in [1.82, 2.24) is 10.3 Å². The summed E-state index contributed by atoms with van der Waals surface area (Å²) in [6.45, 7) is 6.68. The second kappa shape index (κ2) is 9.79. The van der Waals surface area contributed by atoms with Gasteiger partial charge in [0.25, 0.3) is 11.5 Å². The van der Waals surface area contributed by atoms with Gasteiger partial charge in [0.15, 0.2) is 0 Å². The first-order valence-electron chi connectivity index (χ1n) is 11.5. The molecule has 2 heterocycles. The maximum atomic E-state index is 13.0. The zero-order valence-corrected chi connectivity index (χ0v) is 20.6. The Balaban J connectivity index is 1.45. The predicted molar refractivity (Wildman–Crippen MR) is 130 cm³/mol. The van der Waals surface area contributed by atoms with Gasteiger partial charge < -0.3 is 20.4 Å². The molecule has 2 aliphatic rings. The Labute approximate surface area is 197 Å². The molecular weight excluding hydrogens is 470 g/mol. The number of pyridine rings is 1. The third-order valence-corrected chi connectivity index (χ3v) is 7.01. The first-order chi connectivity index (χ1) is 15.3. The number of aromatic nitrogens is 1. The molecule has 2 fully saturated rings. The zero-order valence-electron chi connectivity index (χ0n) is 19.0. The number of rotatable bonds is 7. The molecule has 172 valence electrons. The van der Waals surface area contributed by atoms with Gasteiger partial charge >= 0.3 is 0 Å². The molecular formula is C25H32BrN3O3. The van der Waals surface area contributed by atoms with Crippen molar-refractivity contribution in [2.45, 2.75) is 71.6 Å². The van der Waals surface area contributed by atoms with Crippen molar-refractivity contribution in [3.05, 3.63) is 61.0 Å². The number of benzene rings is 1. The van der Waals surface area contributed by atoms with E-state index < -0.39 is 0 Å². The lowest BCUT2D eigenvalue weighted by Crippen LogP contribution is -2.34. The van der Waals surface area contributed by atoms with Crippen LogP contribution in [0.15, 0.2) is 27.5 Å². The molecule has 4 rings (SSSR count). The lowest BCUT2D eigenvalue weighted by atomic mass is 9.98. The minimum atomic E-state index is -0.190. The van der Waals surface area contributed by atoms with Crippen LogP contribution in [0.4, 0.5) is 5.69 Å². The highest BCUT2D eigenvalue weighted by Gasteiger charge is 2.30. The molecule has 1 saturated heterocycles. The average Bonchev–Trinajstić information content (AvgIpc) is 3.53. The minimum Gasteiger partial charge on any atom is -0.382 e. The van der Waals surface area contributed by atoms with Crippen LogP contribution in [-0.2, 0) is 11.3 Å².